The van der Waals surface area contributed by atoms with E-state index in [1.54, 1.807) is 24.3 Å². The molecule has 0 atom stereocenters. The molecule has 0 fully saturated rings. The molecule has 31 heavy (non-hydrogen) atoms. The number of aromatic nitrogens is 4. The molecule has 0 aliphatic carbocycles. The number of thioether (sulfide) groups is 1. The molecule has 3 N–H and O–H groups in total. The summed E-state index contributed by atoms with van der Waals surface area (Å²) in [4.78, 5) is 19.7. The van der Waals surface area contributed by atoms with Gasteiger partial charge in [0.15, 0.2) is 4.34 Å². The number of aliphatic hydroxyl groups excluding tert-OH is 1. The van der Waals surface area contributed by atoms with E-state index in [1.165, 1.54) is 36.3 Å². The van der Waals surface area contributed by atoms with Crippen LogP contribution in [0.25, 0.3) is 16.6 Å². The van der Waals surface area contributed by atoms with Crippen LogP contribution in [-0.4, -0.2) is 44.1 Å². The Balaban J connectivity index is 1.52. The predicted octanol–water partition coefficient (Wildman–Crippen LogP) is 4.53. The predicted molar refractivity (Wildman–Crippen MR) is 118 cm³/mol. The van der Waals surface area contributed by atoms with Gasteiger partial charge in [0.2, 0.25) is 5.13 Å². The zero-order valence-corrected chi connectivity index (χ0v) is 17.8. The van der Waals surface area contributed by atoms with Crippen LogP contribution in [0.4, 0.5) is 15.2 Å². The van der Waals surface area contributed by atoms with Gasteiger partial charge in [0.1, 0.15) is 23.0 Å². The van der Waals surface area contributed by atoms with E-state index >= 15 is 0 Å². The van der Waals surface area contributed by atoms with Gasteiger partial charge in [-0.2, -0.15) is 0 Å². The first-order valence-electron chi connectivity index (χ1n) is 8.98. The van der Waals surface area contributed by atoms with Crippen LogP contribution in [0.3, 0.4) is 0 Å². The number of aromatic amines is 1. The number of para-hydroxylation sites is 3. The van der Waals surface area contributed by atoms with Crippen LogP contribution in [-0.2, 0) is 9.53 Å². The molecule has 158 valence electrons. The van der Waals surface area contributed by atoms with Crippen molar-refractivity contribution in [2.75, 3.05) is 18.2 Å². The third kappa shape index (κ3) is 4.67. The molecule has 8 nitrogen and oxygen atoms in total. The number of hydrogen-bond acceptors (Lipinski definition) is 9. The lowest BCUT2D eigenvalue weighted by atomic mass is 10.2. The minimum Gasteiger partial charge on any atom is -0.510 e. The highest BCUT2D eigenvalue weighted by Crippen LogP contribution is 2.31. The number of imidazole rings is 1. The molecule has 0 saturated carbocycles. The highest BCUT2D eigenvalue weighted by molar-refractivity contribution is 8.01. The normalized spacial score (nSPS) is 11.9. The Morgan fingerprint density at radius 2 is 2.00 bits per heavy atom. The second-order valence-corrected chi connectivity index (χ2v) is 8.38. The summed E-state index contributed by atoms with van der Waals surface area (Å²) in [5.41, 5.74) is 1.62. The van der Waals surface area contributed by atoms with Gasteiger partial charge in [-0.15, -0.1) is 10.2 Å². The molecule has 0 aliphatic heterocycles. The van der Waals surface area contributed by atoms with Crippen LogP contribution in [0.1, 0.15) is 5.82 Å². The molecule has 0 aliphatic rings. The molecule has 2 heterocycles. The molecule has 0 bridgehead atoms. The Kier molecular flexibility index (Phi) is 6.14. The summed E-state index contributed by atoms with van der Waals surface area (Å²) >= 11 is 2.37. The maximum atomic E-state index is 13.8. The number of rotatable bonds is 7. The number of hydrogen-bond donors (Lipinski definition) is 3. The SMILES string of the molecule is COC(=O)/C(=C(/O)CSc1nnc(Nc2ccccc2F)s1)c1nc2ccccc2[nH]1. The number of aliphatic hydroxyl groups is 1. The molecule has 0 radical (unpaired) electrons. The zero-order chi connectivity index (χ0) is 21.8. The topological polar surface area (TPSA) is 113 Å². The monoisotopic (exact) mass is 457 g/mol. The van der Waals surface area contributed by atoms with E-state index in [9.17, 15) is 14.3 Å². The average Bonchev–Trinajstić information content (AvgIpc) is 3.40. The number of benzene rings is 2. The minimum atomic E-state index is -0.712. The van der Waals surface area contributed by atoms with Crippen molar-refractivity contribution < 1.29 is 19.0 Å². The third-order valence-electron chi connectivity index (χ3n) is 4.16. The van der Waals surface area contributed by atoms with Crippen molar-refractivity contribution >= 4 is 56.5 Å². The molecule has 4 rings (SSSR count). The zero-order valence-electron chi connectivity index (χ0n) is 16.1. The lowest BCUT2D eigenvalue weighted by molar-refractivity contribution is -0.133. The second kappa shape index (κ2) is 9.14. The first kappa shape index (κ1) is 20.8. The molecule has 4 aromatic rings. The van der Waals surface area contributed by atoms with E-state index in [1.807, 2.05) is 18.2 Å². The lowest BCUT2D eigenvalue weighted by Crippen LogP contribution is -2.09. The number of nitrogens with zero attached hydrogens (tertiary/aromatic N) is 3. The van der Waals surface area contributed by atoms with Crippen molar-refractivity contribution in [1.29, 1.82) is 0 Å². The van der Waals surface area contributed by atoms with Gasteiger partial charge in [-0.1, -0.05) is 47.4 Å². The fourth-order valence-corrected chi connectivity index (χ4v) is 4.37. The summed E-state index contributed by atoms with van der Waals surface area (Å²) in [7, 11) is 1.23. The van der Waals surface area contributed by atoms with E-state index in [0.29, 0.717) is 15.0 Å². The van der Waals surface area contributed by atoms with E-state index in [2.05, 4.69) is 25.5 Å². The maximum absolute atomic E-state index is 13.8. The number of anilines is 2. The van der Waals surface area contributed by atoms with Crippen LogP contribution >= 0.6 is 23.1 Å². The highest BCUT2D eigenvalue weighted by atomic mass is 32.2. The van der Waals surface area contributed by atoms with Crippen molar-refractivity contribution in [3.8, 4) is 0 Å². The summed E-state index contributed by atoms with van der Waals surface area (Å²) in [6.45, 7) is 0. The number of H-pyrrole nitrogens is 1. The van der Waals surface area contributed by atoms with E-state index in [0.717, 1.165) is 5.52 Å². The quantitative estimate of drug-likeness (QED) is 0.161. The van der Waals surface area contributed by atoms with E-state index in [-0.39, 0.29) is 28.6 Å². The number of methoxy groups -OCH3 is 1. The largest absolute Gasteiger partial charge is 0.510 e. The van der Waals surface area contributed by atoms with Gasteiger partial charge in [0.25, 0.3) is 0 Å². The van der Waals surface area contributed by atoms with Gasteiger partial charge in [-0.3, -0.25) is 0 Å². The van der Waals surface area contributed by atoms with Crippen molar-refractivity contribution in [3.63, 3.8) is 0 Å². The van der Waals surface area contributed by atoms with E-state index in [4.69, 9.17) is 4.74 Å². The number of ether oxygens (including phenoxy) is 1. The standard InChI is InChI=1S/C20H16FN5O3S2/c1-29-18(28)16(17-22-13-8-4-5-9-14(13)23-17)15(27)10-30-20-26-25-19(31-20)24-12-7-3-2-6-11(12)21/h2-9,27H,10H2,1H3,(H,22,23)(H,24,25)/b16-15+. The van der Waals surface area contributed by atoms with Crippen molar-refractivity contribution in [3.05, 3.63) is 65.9 Å². The van der Waals surface area contributed by atoms with Crippen LogP contribution in [0.5, 0.6) is 0 Å². The summed E-state index contributed by atoms with van der Waals surface area (Å²) in [5.74, 6) is -1.08. The Bertz CT molecular complexity index is 1240. The molecule has 0 unspecified atom stereocenters. The van der Waals surface area contributed by atoms with Crippen LogP contribution in [0.2, 0.25) is 0 Å². The fourth-order valence-electron chi connectivity index (χ4n) is 2.72. The van der Waals surface area contributed by atoms with Crippen molar-refractivity contribution in [2.45, 2.75) is 4.34 Å². The first-order valence-corrected chi connectivity index (χ1v) is 10.8. The van der Waals surface area contributed by atoms with Gasteiger partial charge < -0.3 is 20.1 Å². The molecule has 0 saturated heterocycles. The van der Waals surface area contributed by atoms with Gasteiger partial charge in [-0.25, -0.2) is 14.2 Å². The summed E-state index contributed by atoms with van der Waals surface area (Å²) in [5, 5.41) is 21.9. The Hall–Kier alpha value is -3.44. The smallest absolute Gasteiger partial charge is 0.345 e. The Labute approximate surface area is 184 Å². The minimum absolute atomic E-state index is 0.0375. The maximum Gasteiger partial charge on any atom is 0.345 e. The number of carbonyl (C=O) groups excluding carboxylic acids is 1. The summed E-state index contributed by atoms with van der Waals surface area (Å²) in [6, 6.07) is 13.5. The number of carbonyl (C=O) groups is 1. The Morgan fingerprint density at radius 3 is 2.77 bits per heavy atom. The van der Waals surface area contributed by atoms with E-state index < -0.39 is 11.8 Å². The summed E-state index contributed by atoms with van der Waals surface area (Å²) < 4.78 is 19.1. The number of nitrogens with one attached hydrogen (secondary N) is 2. The number of esters is 1. The third-order valence-corrected chi connectivity index (χ3v) is 6.14. The van der Waals surface area contributed by atoms with Crippen molar-refractivity contribution in [1.82, 2.24) is 20.2 Å². The molecular formula is C20H16FN5O3S2. The number of fused-ring (bicyclic) bond motifs is 1. The van der Waals surface area contributed by atoms with Crippen LogP contribution < -0.4 is 5.32 Å². The highest BCUT2D eigenvalue weighted by Gasteiger charge is 2.22. The Morgan fingerprint density at radius 1 is 1.23 bits per heavy atom. The lowest BCUT2D eigenvalue weighted by Gasteiger charge is -2.06. The molecular weight excluding hydrogens is 441 g/mol. The molecule has 11 heteroatoms. The van der Waals surface area contributed by atoms with Gasteiger partial charge in [0, 0.05) is 0 Å². The first-order chi connectivity index (χ1) is 15.0. The van der Waals surface area contributed by atoms with Gasteiger partial charge in [-0.05, 0) is 24.3 Å². The molecule has 0 spiro atoms. The van der Waals surface area contributed by atoms with Crippen molar-refractivity contribution in [2.24, 2.45) is 0 Å². The second-order valence-electron chi connectivity index (χ2n) is 6.18. The molecule has 2 aromatic heterocycles. The van der Waals surface area contributed by atoms with Gasteiger partial charge in [0.05, 0.1) is 29.6 Å². The van der Waals surface area contributed by atoms with Gasteiger partial charge >= 0.3 is 5.97 Å². The molecule has 2 aromatic carbocycles. The number of halogens is 1. The van der Waals surface area contributed by atoms with Crippen LogP contribution in [0, 0.1) is 5.82 Å². The summed E-state index contributed by atoms with van der Waals surface area (Å²) in [6.07, 6.45) is 0. The molecule has 0 amide bonds. The van der Waals surface area contributed by atoms with Crippen LogP contribution in [0.15, 0.2) is 58.6 Å². The fraction of sp³-hybridized carbons (Fsp3) is 0.100. The average molecular weight is 458 g/mol.